The standard InChI is InChI=1S/C14H23NO3/c1-12(11-18-3)15(8-9-17-2)14-7-5-4-6-13(14)10-16/h4-7,12,16H,8-11H2,1-3H3. The van der Waals surface area contributed by atoms with Gasteiger partial charge in [0.15, 0.2) is 0 Å². The molecule has 4 nitrogen and oxygen atoms in total. The molecule has 0 aliphatic heterocycles. The van der Waals surface area contributed by atoms with E-state index in [2.05, 4.69) is 11.8 Å². The number of hydrogen-bond acceptors (Lipinski definition) is 4. The number of anilines is 1. The lowest BCUT2D eigenvalue weighted by Crippen LogP contribution is -2.39. The van der Waals surface area contributed by atoms with Crippen LogP contribution >= 0.6 is 0 Å². The molecule has 1 N–H and O–H groups in total. The van der Waals surface area contributed by atoms with Crippen LogP contribution in [0.2, 0.25) is 0 Å². The van der Waals surface area contributed by atoms with Gasteiger partial charge in [0.2, 0.25) is 0 Å². The summed E-state index contributed by atoms with van der Waals surface area (Å²) < 4.78 is 10.4. The number of methoxy groups -OCH3 is 2. The van der Waals surface area contributed by atoms with Crippen LogP contribution in [0.4, 0.5) is 5.69 Å². The molecule has 4 heteroatoms. The molecule has 1 rings (SSSR count). The minimum atomic E-state index is 0.0410. The molecule has 0 bridgehead atoms. The minimum absolute atomic E-state index is 0.0410. The van der Waals surface area contributed by atoms with Crippen molar-refractivity contribution in [2.45, 2.75) is 19.6 Å². The summed E-state index contributed by atoms with van der Waals surface area (Å²) in [4.78, 5) is 2.21. The predicted molar refractivity (Wildman–Crippen MR) is 72.9 cm³/mol. The topological polar surface area (TPSA) is 41.9 Å². The van der Waals surface area contributed by atoms with Crippen molar-refractivity contribution in [3.05, 3.63) is 29.8 Å². The van der Waals surface area contributed by atoms with E-state index in [1.54, 1.807) is 14.2 Å². The molecule has 0 radical (unpaired) electrons. The van der Waals surface area contributed by atoms with Gasteiger partial charge in [0.1, 0.15) is 0 Å². The van der Waals surface area contributed by atoms with E-state index in [1.807, 2.05) is 24.3 Å². The fourth-order valence-corrected chi connectivity index (χ4v) is 2.02. The summed E-state index contributed by atoms with van der Waals surface area (Å²) in [5.41, 5.74) is 1.97. The van der Waals surface area contributed by atoms with E-state index >= 15 is 0 Å². The Morgan fingerprint density at radius 2 is 1.94 bits per heavy atom. The normalized spacial score (nSPS) is 12.4. The molecular formula is C14H23NO3. The summed E-state index contributed by atoms with van der Waals surface area (Å²) in [6.07, 6.45) is 0. The van der Waals surface area contributed by atoms with Gasteiger partial charge in [-0.05, 0) is 13.0 Å². The fraction of sp³-hybridized carbons (Fsp3) is 0.571. The van der Waals surface area contributed by atoms with Crippen molar-refractivity contribution in [2.24, 2.45) is 0 Å². The third-order valence-corrected chi connectivity index (χ3v) is 2.95. The van der Waals surface area contributed by atoms with Gasteiger partial charge >= 0.3 is 0 Å². The van der Waals surface area contributed by atoms with Crippen molar-refractivity contribution >= 4 is 5.69 Å². The second-order valence-corrected chi connectivity index (χ2v) is 4.28. The smallest absolute Gasteiger partial charge is 0.0702 e. The van der Waals surface area contributed by atoms with Crippen molar-refractivity contribution in [2.75, 3.05) is 38.9 Å². The molecule has 0 saturated heterocycles. The molecule has 1 atom stereocenters. The molecule has 0 heterocycles. The largest absolute Gasteiger partial charge is 0.392 e. The van der Waals surface area contributed by atoms with Crippen LogP contribution in [0.15, 0.2) is 24.3 Å². The van der Waals surface area contributed by atoms with E-state index in [1.165, 1.54) is 0 Å². The zero-order valence-corrected chi connectivity index (χ0v) is 11.4. The molecule has 0 aliphatic rings. The highest BCUT2D eigenvalue weighted by Crippen LogP contribution is 2.22. The Hall–Kier alpha value is -1.10. The van der Waals surface area contributed by atoms with Crippen LogP contribution in [0.1, 0.15) is 12.5 Å². The number of aliphatic hydroxyl groups excluding tert-OH is 1. The summed E-state index contributed by atoms with van der Waals surface area (Å²) in [6.45, 7) is 4.21. The first-order chi connectivity index (χ1) is 8.74. The number of hydrogen-bond donors (Lipinski definition) is 1. The van der Waals surface area contributed by atoms with Gasteiger partial charge in [0.25, 0.3) is 0 Å². The van der Waals surface area contributed by atoms with E-state index in [-0.39, 0.29) is 12.6 Å². The maximum absolute atomic E-state index is 9.42. The lowest BCUT2D eigenvalue weighted by molar-refractivity contribution is 0.170. The Kier molecular flexibility index (Phi) is 6.72. The fourth-order valence-electron chi connectivity index (χ4n) is 2.02. The minimum Gasteiger partial charge on any atom is -0.392 e. The lowest BCUT2D eigenvalue weighted by Gasteiger charge is -2.32. The molecule has 0 aliphatic carbocycles. The summed E-state index contributed by atoms with van der Waals surface area (Å²) in [6, 6.07) is 8.11. The third-order valence-electron chi connectivity index (χ3n) is 2.95. The van der Waals surface area contributed by atoms with E-state index in [0.717, 1.165) is 17.8 Å². The van der Waals surface area contributed by atoms with Crippen LogP contribution in [-0.4, -0.2) is 45.1 Å². The number of rotatable bonds is 8. The van der Waals surface area contributed by atoms with E-state index in [0.29, 0.717) is 13.2 Å². The van der Waals surface area contributed by atoms with Crippen molar-refractivity contribution in [1.29, 1.82) is 0 Å². The molecule has 102 valence electrons. The molecule has 0 spiro atoms. The van der Waals surface area contributed by atoms with Crippen LogP contribution < -0.4 is 4.90 Å². The number of benzene rings is 1. The predicted octanol–water partition coefficient (Wildman–Crippen LogP) is 1.67. The molecule has 0 fully saturated rings. The Morgan fingerprint density at radius 1 is 1.22 bits per heavy atom. The van der Waals surface area contributed by atoms with Gasteiger partial charge in [-0.3, -0.25) is 0 Å². The molecular weight excluding hydrogens is 230 g/mol. The monoisotopic (exact) mass is 253 g/mol. The van der Waals surface area contributed by atoms with Gasteiger partial charge in [0, 0.05) is 38.1 Å². The third kappa shape index (κ3) is 3.98. The molecule has 1 unspecified atom stereocenters. The first-order valence-corrected chi connectivity index (χ1v) is 6.17. The molecule has 0 saturated carbocycles. The lowest BCUT2D eigenvalue weighted by atomic mass is 10.1. The summed E-state index contributed by atoms with van der Waals surface area (Å²) in [5.74, 6) is 0. The number of ether oxygens (including phenoxy) is 2. The molecule has 1 aromatic rings. The summed E-state index contributed by atoms with van der Waals surface area (Å²) >= 11 is 0. The first kappa shape index (κ1) is 15.0. The van der Waals surface area contributed by atoms with E-state index in [4.69, 9.17) is 9.47 Å². The Morgan fingerprint density at radius 3 is 2.56 bits per heavy atom. The highest BCUT2D eigenvalue weighted by atomic mass is 16.5. The number of nitrogens with zero attached hydrogens (tertiary/aromatic N) is 1. The summed E-state index contributed by atoms with van der Waals surface area (Å²) in [5, 5.41) is 9.42. The highest BCUT2D eigenvalue weighted by molar-refractivity contribution is 5.54. The average molecular weight is 253 g/mol. The maximum Gasteiger partial charge on any atom is 0.0702 e. The maximum atomic E-state index is 9.42. The Labute approximate surface area is 109 Å². The van der Waals surface area contributed by atoms with Crippen LogP contribution in [0, 0.1) is 0 Å². The molecule has 0 aromatic heterocycles. The van der Waals surface area contributed by atoms with E-state index < -0.39 is 0 Å². The van der Waals surface area contributed by atoms with Crippen LogP contribution in [0.25, 0.3) is 0 Å². The quantitative estimate of drug-likeness (QED) is 0.765. The van der Waals surface area contributed by atoms with Crippen LogP contribution in [0.3, 0.4) is 0 Å². The van der Waals surface area contributed by atoms with Crippen LogP contribution in [0.5, 0.6) is 0 Å². The van der Waals surface area contributed by atoms with Gasteiger partial charge < -0.3 is 19.5 Å². The van der Waals surface area contributed by atoms with Gasteiger partial charge in [-0.15, -0.1) is 0 Å². The van der Waals surface area contributed by atoms with Gasteiger partial charge in [-0.2, -0.15) is 0 Å². The van der Waals surface area contributed by atoms with E-state index in [9.17, 15) is 5.11 Å². The average Bonchev–Trinajstić information content (AvgIpc) is 2.40. The molecule has 0 amide bonds. The van der Waals surface area contributed by atoms with Crippen molar-refractivity contribution in [3.63, 3.8) is 0 Å². The molecule has 18 heavy (non-hydrogen) atoms. The molecule has 1 aromatic carbocycles. The van der Waals surface area contributed by atoms with Crippen molar-refractivity contribution in [1.82, 2.24) is 0 Å². The Balaban J connectivity index is 2.92. The number of aliphatic hydroxyl groups is 1. The first-order valence-electron chi connectivity index (χ1n) is 6.17. The second kappa shape index (κ2) is 8.08. The zero-order valence-electron chi connectivity index (χ0n) is 11.4. The Bertz CT molecular complexity index is 344. The number of para-hydroxylation sites is 1. The van der Waals surface area contributed by atoms with Crippen LogP contribution in [-0.2, 0) is 16.1 Å². The van der Waals surface area contributed by atoms with Gasteiger partial charge in [-0.1, -0.05) is 18.2 Å². The SMILES string of the molecule is COCCN(c1ccccc1CO)C(C)COC. The summed E-state index contributed by atoms with van der Waals surface area (Å²) in [7, 11) is 3.39. The highest BCUT2D eigenvalue weighted by Gasteiger charge is 2.16. The van der Waals surface area contributed by atoms with Crippen molar-refractivity contribution in [3.8, 4) is 0 Å². The second-order valence-electron chi connectivity index (χ2n) is 4.28. The zero-order chi connectivity index (χ0) is 13.4. The van der Waals surface area contributed by atoms with Crippen molar-refractivity contribution < 1.29 is 14.6 Å². The van der Waals surface area contributed by atoms with Gasteiger partial charge in [-0.25, -0.2) is 0 Å². The van der Waals surface area contributed by atoms with Gasteiger partial charge in [0.05, 0.1) is 19.8 Å².